The van der Waals surface area contributed by atoms with E-state index in [1.165, 1.54) is 12.8 Å². The predicted octanol–water partition coefficient (Wildman–Crippen LogP) is 3.05. The summed E-state index contributed by atoms with van der Waals surface area (Å²) in [7, 11) is 0. The summed E-state index contributed by atoms with van der Waals surface area (Å²) in [6.07, 6.45) is 3.53. The first-order valence-corrected chi connectivity index (χ1v) is 7.40. The molecule has 0 bridgehead atoms. The third kappa shape index (κ3) is 5.94. The van der Waals surface area contributed by atoms with E-state index in [0.717, 1.165) is 31.2 Å². The van der Waals surface area contributed by atoms with Gasteiger partial charge in [0.1, 0.15) is 5.75 Å². The Hall–Kier alpha value is -1.26. The molecule has 21 heavy (non-hydrogen) atoms. The fourth-order valence-corrected chi connectivity index (χ4v) is 2.44. The first kappa shape index (κ1) is 17.8. The van der Waals surface area contributed by atoms with Crippen LogP contribution in [0.5, 0.6) is 5.75 Å². The molecule has 1 aliphatic heterocycles. The van der Waals surface area contributed by atoms with Crippen LogP contribution in [0.15, 0.2) is 24.3 Å². The molecular weight excluding hydrogens is 290 g/mol. The molecule has 1 aromatic carbocycles. The van der Waals surface area contributed by atoms with Crippen molar-refractivity contribution in [3.63, 3.8) is 0 Å². The van der Waals surface area contributed by atoms with Crippen LogP contribution in [-0.4, -0.2) is 32.3 Å². The van der Waals surface area contributed by atoms with E-state index in [0.29, 0.717) is 18.8 Å². The van der Waals surface area contributed by atoms with Crippen molar-refractivity contribution in [2.24, 2.45) is 5.92 Å². The van der Waals surface area contributed by atoms with Crippen LogP contribution in [0.4, 0.5) is 0 Å². The highest BCUT2D eigenvalue weighted by molar-refractivity contribution is 5.89. The van der Waals surface area contributed by atoms with Crippen LogP contribution in [-0.2, 0) is 4.74 Å². The predicted molar refractivity (Wildman–Crippen MR) is 85.4 cm³/mol. The molecule has 118 valence electrons. The summed E-state index contributed by atoms with van der Waals surface area (Å²) in [5, 5.41) is 3.36. The summed E-state index contributed by atoms with van der Waals surface area (Å²) in [6.45, 7) is 5.12. The Kier molecular flexibility index (Phi) is 8.16. The quantitative estimate of drug-likeness (QED) is 0.820. The Morgan fingerprint density at radius 2 is 2.10 bits per heavy atom. The van der Waals surface area contributed by atoms with Crippen LogP contribution in [0.3, 0.4) is 0 Å². The fourth-order valence-electron chi connectivity index (χ4n) is 2.44. The van der Waals surface area contributed by atoms with Crippen LogP contribution in [0.1, 0.15) is 36.5 Å². The van der Waals surface area contributed by atoms with Gasteiger partial charge in [0.2, 0.25) is 0 Å². The minimum Gasteiger partial charge on any atom is -0.494 e. The molecule has 4 nitrogen and oxygen atoms in total. The van der Waals surface area contributed by atoms with Gasteiger partial charge >= 0.3 is 5.97 Å². The number of hydrogen-bond donors (Lipinski definition) is 1. The third-order valence-corrected chi connectivity index (χ3v) is 3.60. The van der Waals surface area contributed by atoms with Crippen LogP contribution in [0.25, 0.3) is 0 Å². The average molecular weight is 314 g/mol. The normalized spacial score (nSPS) is 15.1. The summed E-state index contributed by atoms with van der Waals surface area (Å²) in [5.74, 6) is 1.20. The maximum atomic E-state index is 11.6. The highest BCUT2D eigenvalue weighted by Crippen LogP contribution is 2.18. The number of esters is 1. The second-order valence-electron chi connectivity index (χ2n) is 5.08. The van der Waals surface area contributed by atoms with Crippen molar-refractivity contribution in [3.05, 3.63) is 29.8 Å². The lowest BCUT2D eigenvalue weighted by atomic mass is 9.95. The zero-order chi connectivity index (χ0) is 14.2. The Bertz CT molecular complexity index is 433. The van der Waals surface area contributed by atoms with E-state index >= 15 is 0 Å². The van der Waals surface area contributed by atoms with E-state index in [1.54, 1.807) is 19.1 Å². The number of nitrogens with one attached hydrogen (secondary N) is 1. The van der Waals surface area contributed by atoms with Crippen LogP contribution in [0, 0.1) is 5.92 Å². The molecule has 1 N–H and O–H groups in total. The topological polar surface area (TPSA) is 47.6 Å². The first-order chi connectivity index (χ1) is 9.79. The van der Waals surface area contributed by atoms with Crippen molar-refractivity contribution < 1.29 is 14.3 Å². The molecule has 0 atom stereocenters. The van der Waals surface area contributed by atoms with Gasteiger partial charge in [0.05, 0.1) is 18.8 Å². The van der Waals surface area contributed by atoms with Crippen LogP contribution >= 0.6 is 12.4 Å². The average Bonchev–Trinajstić information content (AvgIpc) is 2.49. The molecule has 1 aliphatic rings. The number of carbonyl (C=O) groups is 1. The number of halogens is 1. The number of benzene rings is 1. The number of hydrogen-bond acceptors (Lipinski definition) is 4. The number of rotatable bonds is 6. The van der Waals surface area contributed by atoms with E-state index in [-0.39, 0.29) is 18.4 Å². The molecule has 5 heteroatoms. The highest BCUT2D eigenvalue weighted by Gasteiger charge is 2.13. The molecule has 1 heterocycles. The maximum Gasteiger partial charge on any atom is 0.338 e. The van der Waals surface area contributed by atoms with Gasteiger partial charge in [-0.25, -0.2) is 4.79 Å². The van der Waals surface area contributed by atoms with Crippen molar-refractivity contribution in [2.45, 2.75) is 26.2 Å². The second kappa shape index (κ2) is 9.64. The van der Waals surface area contributed by atoms with E-state index in [2.05, 4.69) is 5.32 Å². The van der Waals surface area contributed by atoms with Gasteiger partial charge in [-0.05, 0) is 63.4 Å². The molecule has 1 saturated heterocycles. The monoisotopic (exact) mass is 313 g/mol. The zero-order valence-corrected chi connectivity index (χ0v) is 13.3. The fraction of sp³-hybridized carbons (Fsp3) is 0.562. The molecular formula is C16H24ClNO3. The van der Waals surface area contributed by atoms with Crippen molar-refractivity contribution >= 4 is 18.4 Å². The number of piperidine rings is 1. The Morgan fingerprint density at radius 1 is 1.33 bits per heavy atom. The molecule has 0 amide bonds. The summed E-state index contributed by atoms with van der Waals surface area (Å²) in [4.78, 5) is 11.6. The summed E-state index contributed by atoms with van der Waals surface area (Å²) in [5.41, 5.74) is 0.547. The number of ether oxygens (including phenoxy) is 2. The minimum absolute atomic E-state index is 0. The zero-order valence-electron chi connectivity index (χ0n) is 12.5. The maximum absolute atomic E-state index is 11.6. The van der Waals surface area contributed by atoms with E-state index < -0.39 is 0 Å². The van der Waals surface area contributed by atoms with Gasteiger partial charge in [-0.15, -0.1) is 12.4 Å². The third-order valence-electron chi connectivity index (χ3n) is 3.60. The molecule has 1 aromatic rings. The Labute approximate surface area is 132 Å². The summed E-state index contributed by atoms with van der Waals surface area (Å²) < 4.78 is 10.7. The number of carbonyl (C=O) groups excluding carboxylic acids is 1. The van der Waals surface area contributed by atoms with Crippen molar-refractivity contribution in [1.29, 1.82) is 0 Å². The standard InChI is InChI=1S/C16H23NO3.ClH/c1-2-19-16(18)14-4-3-5-15(12-14)20-11-8-13-6-9-17-10-7-13;/h3-5,12-13,17H,2,6-11H2,1H3;1H. The molecule has 0 unspecified atom stereocenters. The second-order valence-corrected chi connectivity index (χ2v) is 5.08. The van der Waals surface area contributed by atoms with Gasteiger partial charge in [-0.2, -0.15) is 0 Å². The Morgan fingerprint density at radius 3 is 2.81 bits per heavy atom. The van der Waals surface area contributed by atoms with E-state index in [4.69, 9.17) is 9.47 Å². The summed E-state index contributed by atoms with van der Waals surface area (Å²) in [6, 6.07) is 7.20. The van der Waals surface area contributed by atoms with Crippen molar-refractivity contribution in [1.82, 2.24) is 5.32 Å². The van der Waals surface area contributed by atoms with Gasteiger partial charge < -0.3 is 14.8 Å². The smallest absolute Gasteiger partial charge is 0.338 e. The van der Waals surface area contributed by atoms with Crippen molar-refractivity contribution in [2.75, 3.05) is 26.3 Å². The lowest BCUT2D eigenvalue weighted by molar-refractivity contribution is 0.0526. The van der Waals surface area contributed by atoms with Gasteiger partial charge in [0.25, 0.3) is 0 Å². The van der Waals surface area contributed by atoms with Gasteiger partial charge in [0, 0.05) is 0 Å². The molecule has 1 fully saturated rings. The Balaban J connectivity index is 0.00000220. The van der Waals surface area contributed by atoms with E-state index in [1.807, 2.05) is 12.1 Å². The van der Waals surface area contributed by atoms with Gasteiger partial charge in [-0.1, -0.05) is 6.07 Å². The minimum atomic E-state index is -0.295. The molecule has 0 spiro atoms. The molecule has 0 saturated carbocycles. The molecule has 0 aliphatic carbocycles. The lowest BCUT2D eigenvalue weighted by Gasteiger charge is -2.22. The first-order valence-electron chi connectivity index (χ1n) is 7.40. The largest absolute Gasteiger partial charge is 0.494 e. The molecule has 0 radical (unpaired) electrons. The van der Waals surface area contributed by atoms with Crippen LogP contribution in [0.2, 0.25) is 0 Å². The lowest BCUT2D eigenvalue weighted by Crippen LogP contribution is -2.28. The van der Waals surface area contributed by atoms with Crippen molar-refractivity contribution in [3.8, 4) is 5.75 Å². The van der Waals surface area contributed by atoms with E-state index in [9.17, 15) is 4.79 Å². The molecule has 0 aromatic heterocycles. The molecule has 2 rings (SSSR count). The van der Waals surface area contributed by atoms with Gasteiger partial charge in [-0.3, -0.25) is 0 Å². The van der Waals surface area contributed by atoms with Gasteiger partial charge in [0.15, 0.2) is 0 Å². The highest BCUT2D eigenvalue weighted by atomic mass is 35.5. The summed E-state index contributed by atoms with van der Waals surface area (Å²) >= 11 is 0. The SMILES string of the molecule is CCOC(=O)c1cccc(OCCC2CCNCC2)c1.Cl. The van der Waals surface area contributed by atoms with Crippen LogP contribution < -0.4 is 10.1 Å².